The fourth-order valence-electron chi connectivity index (χ4n) is 4.07. The van der Waals surface area contributed by atoms with Crippen LogP contribution in [0.4, 0.5) is 0 Å². The fraction of sp³-hybridized carbons (Fsp3) is 0.364. The summed E-state index contributed by atoms with van der Waals surface area (Å²) >= 11 is 0. The molecule has 0 spiro atoms. The van der Waals surface area contributed by atoms with Gasteiger partial charge in [0.25, 0.3) is 10.0 Å². The van der Waals surface area contributed by atoms with E-state index in [-0.39, 0.29) is 4.90 Å². The van der Waals surface area contributed by atoms with Gasteiger partial charge in [-0.15, -0.1) is 0 Å². The van der Waals surface area contributed by atoms with Gasteiger partial charge in [0.2, 0.25) is 0 Å². The summed E-state index contributed by atoms with van der Waals surface area (Å²) in [4.78, 5) is 9.30. The molecule has 0 N–H and O–H groups in total. The van der Waals surface area contributed by atoms with Crippen molar-refractivity contribution in [2.24, 2.45) is 0 Å². The Hall–Kier alpha value is -2.47. The lowest BCUT2D eigenvalue weighted by Crippen LogP contribution is -2.12. The second kappa shape index (κ2) is 6.55. The Morgan fingerprint density at radius 1 is 1.07 bits per heavy atom. The van der Waals surface area contributed by atoms with Crippen molar-refractivity contribution in [2.45, 2.75) is 56.3 Å². The lowest BCUT2D eigenvalue weighted by molar-refractivity contribution is 0.588. The van der Waals surface area contributed by atoms with E-state index in [0.29, 0.717) is 11.6 Å². The minimum absolute atomic E-state index is 0.286. The zero-order chi connectivity index (χ0) is 19.3. The highest BCUT2D eigenvalue weighted by atomic mass is 32.2. The van der Waals surface area contributed by atoms with E-state index in [9.17, 15) is 8.42 Å². The molecule has 0 amide bonds. The highest BCUT2D eigenvalue weighted by Gasteiger charge is 2.32. The summed E-state index contributed by atoms with van der Waals surface area (Å²) in [7, 11) is -3.71. The van der Waals surface area contributed by atoms with E-state index in [1.165, 1.54) is 22.3 Å². The van der Waals surface area contributed by atoms with Gasteiger partial charge in [-0.25, -0.2) is 22.4 Å². The zero-order valence-corrected chi connectivity index (χ0v) is 16.7. The number of hydrogen-bond donors (Lipinski definition) is 0. The molecule has 2 aliphatic carbocycles. The highest BCUT2D eigenvalue weighted by molar-refractivity contribution is 7.90. The summed E-state index contributed by atoms with van der Waals surface area (Å²) in [6.45, 7) is 1.95. The summed E-state index contributed by atoms with van der Waals surface area (Å²) in [6.07, 6.45) is 12.1. The topological polar surface area (TPSA) is 64.8 Å². The van der Waals surface area contributed by atoms with Crippen LogP contribution in [0.15, 0.2) is 47.8 Å². The number of aryl methyl sites for hydroxylation is 1. The predicted octanol–water partition coefficient (Wildman–Crippen LogP) is 4.81. The fourth-order valence-corrected chi connectivity index (χ4v) is 5.39. The lowest BCUT2D eigenvalue weighted by atomic mass is 9.94. The Balaban J connectivity index is 1.75. The van der Waals surface area contributed by atoms with Crippen LogP contribution in [-0.2, 0) is 10.0 Å². The first-order valence-corrected chi connectivity index (χ1v) is 11.4. The molecule has 2 aliphatic rings. The molecule has 0 atom stereocenters. The van der Waals surface area contributed by atoms with E-state index in [1.807, 2.05) is 19.1 Å². The summed E-state index contributed by atoms with van der Waals surface area (Å²) in [5.74, 6) is 0.408. The number of allylic oxidation sites excluding steroid dienone is 2. The Morgan fingerprint density at radius 3 is 2.54 bits per heavy atom. The molecule has 1 fully saturated rings. The molecular formula is C22H23N3O2S. The number of benzene rings is 1. The van der Waals surface area contributed by atoms with Crippen LogP contribution < -0.4 is 0 Å². The van der Waals surface area contributed by atoms with Crippen molar-refractivity contribution in [3.05, 3.63) is 59.7 Å². The number of aromatic nitrogens is 3. The van der Waals surface area contributed by atoms with E-state index >= 15 is 0 Å². The molecule has 2 heterocycles. The Kier molecular flexibility index (Phi) is 4.12. The van der Waals surface area contributed by atoms with Gasteiger partial charge in [0.1, 0.15) is 6.33 Å². The van der Waals surface area contributed by atoms with Gasteiger partial charge in [-0.2, -0.15) is 0 Å². The quantitative estimate of drug-likeness (QED) is 0.638. The second-order valence-corrected chi connectivity index (χ2v) is 9.68. The predicted molar refractivity (Wildman–Crippen MR) is 110 cm³/mol. The first kappa shape index (κ1) is 17.6. The molecule has 1 saturated carbocycles. The minimum Gasteiger partial charge on any atom is -0.236 e. The average Bonchev–Trinajstić information content (AvgIpc) is 3.48. The van der Waals surface area contributed by atoms with E-state index < -0.39 is 10.0 Å². The summed E-state index contributed by atoms with van der Waals surface area (Å²) < 4.78 is 28.2. The summed E-state index contributed by atoms with van der Waals surface area (Å²) in [5.41, 5.74) is 4.76. The van der Waals surface area contributed by atoms with Gasteiger partial charge in [0, 0.05) is 11.6 Å². The van der Waals surface area contributed by atoms with Crippen LogP contribution in [0.1, 0.15) is 61.3 Å². The maximum Gasteiger partial charge on any atom is 0.269 e. The molecule has 2 aromatic heterocycles. The first-order valence-electron chi connectivity index (χ1n) is 9.93. The lowest BCUT2D eigenvalue weighted by Gasteiger charge is -2.13. The average molecular weight is 394 g/mol. The molecule has 28 heavy (non-hydrogen) atoms. The third-order valence-corrected chi connectivity index (χ3v) is 7.44. The van der Waals surface area contributed by atoms with Crippen molar-refractivity contribution in [1.82, 2.24) is 13.9 Å². The smallest absolute Gasteiger partial charge is 0.236 e. The van der Waals surface area contributed by atoms with Crippen molar-refractivity contribution in [3.63, 3.8) is 0 Å². The van der Waals surface area contributed by atoms with Gasteiger partial charge in [-0.1, -0.05) is 23.8 Å². The van der Waals surface area contributed by atoms with Crippen LogP contribution >= 0.6 is 0 Å². The SMILES string of the molecule is Cc1ccc(S(=O)(=O)n2cc(C3CC3)c3c(C4=CCCCC4)ncnc32)cc1. The molecule has 6 heteroatoms. The number of nitrogens with zero attached hydrogens (tertiary/aromatic N) is 3. The van der Waals surface area contributed by atoms with Crippen LogP contribution in [0.5, 0.6) is 0 Å². The van der Waals surface area contributed by atoms with E-state index in [0.717, 1.165) is 54.3 Å². The molecule has 0 radical (unpaired) electrons. The molecule has 0 aliphatic heterocycles. The second-order valence-electron chi connectivity index (χ2n) is 7.87. The largest absolute Gasteiger partial charge is 0.269 e. The first-order chi connectivity index (χ1) is 13.6. The van der Waals surface area contributed by atoms with Gasteiger partial charge in [0.05, 0.1) is 10.6 Å². The van der Waals surface area contributed by atoms with Gasteiger partial charge < -0.3 is 0 Å². The third-order valence-electron chi connectivity index (χ3n) is 5.77. The van der Waals surface area contributed by atoms with Crippen LogP contribution in [0, 0.1) is 6.92 Å². The number of hydrogen-bond acceptors (Lipinski definition) is 4. The third kappa shape index (κ3) is 2.87. The van der Waals surface area contributed by atoms with Gasteiger partial charge in [-0.3, -0.25) is 0 Å². The minimum atomic E-state index is -3.71. The molecular weight excluding hydrogens is 370 g/mol. The van der Waals surface area contributed by atoms with Crippen LogP contribution in [0.25, 0.3) is 16.6 Å². The zero-order valence-electron chi connectivity index (χ0n) is 15.9. The molecule has 3 aromatic rings. The maximum atomic E-state index is 13.4. The van der Waals surface area contributed by atoms with E-state index in [2.05, 4.69) is 16.0 Å². The standard InChI is InChI=1S/C22H23N3O2S/c1-15-7-11-18(12-8-15)28(26,27)25-13-19(16-9-10-16)20-21(23-14-24-22(20)25)17-5-3-2-4-6-17/h5,7-8,11-14,16H,2-4,6,9-10H2,1H3. The molecule has 5 rings (SSSR count). The van der Waals surface area contributed by atoms with Crippen molar-refractivity contribution in [1.29, 1.82) is 0 Å². The van der Waals surface area contributed by atoms with Gasteiger partial charge >= 0.3 is 0 Å². The highest BCUT2D eigenvalue weighted by Crippen LogP contribution is 2.46. The van der Waals surface area contributed by atoms with Crippen LogP contribution in [0.2, 0.25) is 0 Å². The monoisotopic (exact) mass is 393 g/mol. The number of rotatable bonds is 4. The molecule has 1 aromatic carbocycles. The Bertz CT molecular complexity index is 1190. The van der Waals surface area contributed by atoms with Gasteiger partial charge in [-0.05, 0) is 74.6 Å². The normalized spacial score (nSPS) is 17.7. The molecule has 0 unspecified atom stereocenters. The maximum absolute atomic E-state index is 13.4. The number of fused-ring (bicyclic) bond motifs is 1. The van der Waals surface area contributed by atoms with Crippen LogP contribution in [0.3, 0.4) is 0 Å². The van der Waals surface area contributed by atoms with Crippen molar-refractivity contribution >= 4 is 26.6 Å². The Labute approximate surface area is 165 Å². The van der Waals surface area contributed by atoms with Crippen LogP contribution in [-0.4, -0.2) is 22.4 Å². The van der Waals surface area contributed by atoms with Crippen molar-refractivity contribution in [2.75, 3.05) is 0 Å². The molecule has 5 nitrogen and oxygen atoms in total. The van der Waals surface area contributed by atoms with Gasteiger partial charge in [0.15, 0.2) is 5.65 Å². The molecule has 144 valence electrons. The van der Waals surface area contributed by atoms with E-state index in [4.69, 9.17) is 0 Å². The van der Waals surface area contributed by atoms with Crippen molar-refractivity contribution in [3.8, 4) is 0 Å². The summed E-state index contributed by atoms with van der Waals surface area (Å²) in [6, 6.07) is 6.99. The molecule has 0 bridgehead atoms. The summed E-state index contributed by atoms with van der Waals surface area (Å²) in [5, 5.41) is 0.925. The molecule has 0 saturated heterocycles. The van der Waals surface area contributed by atoms with E-state index in [1.54, 1.807) is 18.3 Å². The van der Waals surface area contributed by atoms with Crippen molar-refractivity contribution < 1.29 is 8.42 Å². The Morgan fingerprint density at radius 2 is 1.86 bits per heavy atom.